The molecule has 0 fully saturated rings. The van der Waals surface area contributed by atoms with E-state index < -0.39 is 12.0 Å². The fourth-order valence-electron chi connectivity index (χ4n) is 4.25. The fraction of sp³-hybridized carbons (Fsp3) is 0.136. The highest BCUT2D eigenvalue weighted by atomic mass is 16.4. The van der Waals surface area contributed by atoms with Crippen molar-refractivity contribution in [1.82, 2.24) is 4.98 Å². The zero-order valence-corrected chi connectivity index (χ0v) is 14.1. The molecule has 4 aromatic rings. The molecule has 0 saturated heterocycles. The first-order valence-electron chi connectivity index (χ1n) is 8.75. The van der Waals surface area contributed by atoms with Crippen LogP contribution in [0.25, 0.3) is 32.8 Å². The lowest BCUT2D eigenvalue weighted by Gasteiger charge is -2.14. The highest BCUT2D eigenvalue weighted by molar-refractivity contribution is 6.10. The number of aromatic nitrogens is 1. The standard InChI is InChI=1S/C22H18N2O2/c23-17(22(25)26)10-12-9-13-11-19-21(16-7-3-4-8-18(16)24-19)20(13)15-6-2-1-5-14(12)15/h1-9,17,24H,10-11,23H2,(H,25,26). The van der Waals surface area contributed by atoms with E-state index in [2.05, 4.69) is 41.4 Å². The number of benzene rings is 3. The van der Waals surface area contributed by atoms with Crippen LogP contribution in [0.1, 0.15) is 16.8 Å². The second-order valence-corrected chi connectivity index (χ2v) is 6.97. The van der Waals surface area contributed by atoms with Gasteiger partial charge in [0.2, 0.25) is 0 Å². The number of carboxylic acid groups (broad SMARTS) is 1. The van der Waals surface area contributed by atoms with E-state index >= 15 is 0 Å². The van der Waals surface area contributed by atoms with Gasteiger partial charge in [0.15, 0.2) is 0 Å². The molecule has 4 nitrogen and oxygen atoms in total. The minimum absolute atomic E-state index is 0.331. The van der Waals surface area contributed by atoms with Gasteiger partial charge in [-0.1, -0.05) is 48.5 Å². The van der Waals surface area contributed by atoms with E-state index in [1.165, 1.54) is 33.2 Å². The number of carboxylic acids is 1. The Labute approximate surface area is 150 Å². The van der Waals surface area contributed by atoms with Crippen LogP contribution in [0.4, 0.5) is 0 Å². The molecule has 0 spiro atoms. The normalized spacial score (nSPS) is 13.7. The van der Waals surface area contributed by atoms with Crippen LogP contribution in [0.2, 0.25) is 0 Å². The van der Waals surface area contributed by atoms with Crippen molar-refractivity contribution in [2.45, 2.75) is 18.9 Å². The van der Waals surface area contributed by atoms with Gasteiger partial charge in [-0.3, -0.25) is 4.79 Å². The van der Waals surface area contributed by atoms with E-state index in [0.29, 0.717) is 6.42 Å². The zero-order valence-electron chi connectivity index (χ0n) is 14.1. The van der Waals surface area contributed by atoms with Crippen LogP contribution < -0.4 is 5.73 Å². The second-order valence-electron chi connectivity index (χ2n) is 6.97. The van der Waals surface area contributed by atoms with Crippen LogP contribution in [-0.2, 0) is 17.6 Å². The minimum Gasteiger partial charge on any atom is -0.480 e. The van der Waals surface area contributed by atoms with Crippen LogP contribution in [0.15, 0.2) is 54.6 Å². The van der Waals surface area contributed by atoms with Crippen LogP contribution >= 0.6 is 0 Å². The van der Waals surface area contributed by atoms with Crippen molar-refractivity contribution >= 4 is 27.6 Å². The van der Waals surface area contributed by atoms with Crippen molar-refractivity contribution in [3.8, 4) is 11.1 Å². The zero-order chi connectivity index (χ0) is 17.8. The number of carbonyl (C=O) groups is 1. The van der Waals surface area contributed by atoms with E-state index in [0.717, 1.165) is 22.9 Å². The number of hydrogen-bond donors (Lipinski definition) is 3. The molecule has 0 aliphatic heterocycles. The Morgan fingerprint density at radius 1 is 1.04 bits per heavy atom. The molecule has 5 rings (SSSR count). The molecule has 26 heavy (non-hydrogen) atoms. The average molecular weight is 342 g/mol. The number of fused-ring (bicyclic) bond motifs is 7. The molecule has 0 saturated carbocycles. The monoisotopic (exact) mass is 342 g/mol. The van der Waals surface area contributed by atoms with E-state index in [-0.39, 0.29) is 0 Å². The molecule has 1 atom stereocenters. The van der Waals surface area contributed by atoms with Gasteiger partial charge in [-0.15, -0.1) is 0 Å². The largest absolute Gasteiger partial charge is 0.480 e. The molecular formula is C22H18N2O2. The molecule has 0 radical (unpaired) electrons. The summed E-state index contributed by atoms with van der Waals surface area (Å²) in [6, 6.07) is 17.8. The summed E-state index contributed by atoms with van der Waals surface area (Å²) in [6.45, 7) is 0. The molecule has 4 N–H and O–H groups in total. The van der Waals surface area contributed by atoms with Gasteiger partial charge in [0, 0.05) is 28.6 Å². The summed E-state index contributed by atoms with van der Waals surface area (Å²) in [5.41, 5.74) is 13.0. The van der Waals surface area contributed by atoms with E-state index in [1.54, 1.807) is 0 Å². The molecule has 0 bridgehead atoms. The van der Waals surface area contributed by atoms with Gasteiger partial charge < -0.3 is 15.8 Å². The second kappa shape index (κ2) is 5.44. The molecular weight excluding hydrogens is 324 g/mol. The average Bonchev–Trinajstić information content (AvgIpc) is 3.17. The van der Waals surface area contributed by atoms with Gasteiger partial charge >= 0.3 is 5.97 Å². The van der Waals surface area contributed by atoms with Crippen LogP contribution in [0.3, 0.4) is 0 Å². The molecule has 3 aromatic carbocycles. The molecule has 1 heterocycles. The number of hydrogen-bond acceptors (Lipinski definition) is 2. The van der Waals surface area contributed by atoms with E-state index in [4.69, 9.17) is 5.73 Å². The van der Waals surface area contributed by atoms with Crippen molar-refractivity contribution in [2.75, 3.05) is 0 Å². The van der Waals surface area contributed by atoms with Gasteiger partial charge in [-0.25, -0.2) is 0 Å². The summed E-state index contributed by atoms with van der Waals surface area (Å²) >= 11 is 0. The highest BCUT2D eigenvalue weighted by Crippen LogP contribution is 2.46. The number of nitrogens with two attached hydrogens (primary N) is 1. The molecule has 4 heteroatoms. The Bertz CT molecular complexity index is 1190. The Morgan fingerprint density at radius 2 is 1.73 bits per heavy atom. The maximum Gasteiger partial charge on any atom is 0.320 e. The summed E-state index contributed by atoms with van der Waals surface area (Å²) in [7, 11) is 0. The van der Waals surface area contributed by atoms with Gasteiger partial charge in [0.25, 0.3) is 0 Å². The number of H-pyrrole nitrogens is 1. The number of nitrogens with one attached hydrogen (secondary N) is 1. The van der Waals surface area contributed by atoms with Crippen molar-refractivity contribution in [1.29, 1.82) is 0 Å². The lowest BCUT2D eigenvalue weighted by atomic mass is 9.91. The van der Waals surface area contributed by atoms with Crippen molar-refractivity contribution in [3.63, 3.8) is 0 Å². The van der Waals surface area contributed by atoms with Gasteiger partial charge in [0.1, 0.15) is 6.04 Å². The molecule has 1 aliphatic carbocycles. The van der Waals surface area contributed by atoms with Crippen molar-refractivity contribution in [2.24, 2.45) is 5.73 Å². The third-order valence-electron chi connectivity index (χ3n) is 5.37. The maximum atomic E-state index is 11.2. The lowest BCUT2D eigenvalue weighted by molar-refractivity contribution is -0.138. The summed E-state index contributed by atoms with van der Waals surface area (Å²) < 4.78 is 0. The van der Waals surface area contributed by atoms with Gasteiger partial charge in [-0.05, 0) is 39.9 Å². The SMILES string of the molecule is NC(Cc1cc2c(c3ccccc13)-c1c([nH]c3ccccc13)C2)C(=O)O. The van der Waals surface area contributed by atoms with Crippen molar-refractivity contribution in [3.05, 3.63) is 71.4 Å². The fourth-order valence-corrected chi connectivity index (χ4v) is 4.25. The first kappa shape index (κ1) is 15.2. The van der Waals surface area contributed by atoms with Crippen LogP contribution in [0.5, 0.6) is 0 Å². The predicted molar refractivity (Wildman–Crippen MR) is 103 cm³/mol. The number of aromatic amines is 1. The first-order chi connectivity index (χ1) is 12.6. The maximum absolute atomic E-state index is 11.2. The topological polar surface area (TPSA) is 79.1 Å². The smallest absolute Gasteiger partial charge is 0.320 e. The summed E-state index contributed by atoms with van der Waals surface area (Å²) in [4.78, 5) is 14.8. The first-order valence-corrected chi connectivity index (χ1v) is 8.75. The van der Waals surface area contributed by atoms with Crippen LogP contribution in [0, 0.1) is 0 Å². The molecule has 1 aromatic heterocycles. The number of para-hydroxylation sites is 1. The lowest BCUT2D eigenvalue weighted by Crippen LogP contribution is -2.32. The number of rotatable bonds is 3. The number of aliphatic carboxylic acids is 1. The molecule has 1 unspecified atom stereocenters. The predicted octanol–water partition coefficient (Wildman–Crippen LogP) is 3.85. The quantitative estimate of drug-likeness (QED) is 0.466. The molecule has 1 aliphatic rings. The Morgan fingerprint density at radius 3 is 2.50 bits per heavy atom. The van der Waals surface area contributed by atoms with E-state index in [1.807, 2.05) is 18.2 Å². The Balaban J connectivity index is 1.79. The van der Waals surface area contributed by atoms with E-state index in [9.17, 15) is 9.90 Å². The highest BCUT2D eigenvalue weighted by Gasteiger charge is 2.27. The van der Waals surface area contributed by atoms with Crippen LogP contribution in [-0.4, -0.2) is 22.1 Å². The third kappa shape index (κ3) is 2.09. The van der Waals surface area contributed by atoms with Gasteiger partial charge in [0.05, 0.1) is 0 Å². The minimum atomic E-state index is -0.967. The van der Waals surface area contributed by atoms with Crippen molar-refractivity contribution < 1.29 is 9.90 Å². The Hall–Kier alpha value is -3.11. The third-order valence-corrected chi connectivity index (χ3v) is 5.37. The molecule has 128 valence electrons. The Kier molecular flexibility index (Phi) is 3.18. The summed E-state index contributed by atoms with van der Waals surface area (Å²) in [6.07, 6.45) is 1.16. The molecule has 0 amide bonds. The summed E-state index contributed by atoms with van der Waals surface area (Å²) in [5, 5.41) is 12.7. The van der Waals surface area contributed by atoms with Gasteiger partial charge in [-0.2, -0.15) is 0 Å². The summed E-state index contributed by atoms with van der Waals surface area (Å²) in [5.74, 6) is -0.967.